The molecule has 0 bridgehead atoms. The highest BCUT2D eigenvalue weighted by Gasteiger charge is 2.24. The van der Waals surface area contributed by atoms with Crippen LogP contribution in [-0.4, -0.2) is 52.9 Å². The van der Waals surface area contributed by atoms with Gasteiger partial charge >= 0.3 is 12.0 Å². The third-order valence-corrected chi connectivity index (χ3v) is 3.61. The van der Waals surface area contributed by atoms with E-state index < -0.39 is 24.6 Å². The molecule has 1 fully saturated rings. The number of aliphatic carboxylic acids is 1. The van der Waals surface area contributed by atoms with Crippen LogP contribution in [0.25, 0.3) is 0 Å². The molecule has 0 aromatic rings. The number of carboxylic acid groups (broad SMARTS) is 1. The maximum atomic E-state index is 11.9. The van der Waals surface area contributed by atoms with Crippen LogP contribution in [0.15, 0.2) is 0 Å². The van der Waals surface area contributed by atoms with Gasteiger partial charge in [-0.2, -0.15) is 0 Å². The zero-order valence-corrected chi connectivity index (χ0v) is 11.5. The van der Waals surface area contributed by atoms with E-state index >= 15 is 0 Å². The molecule has 0 aromatic heterocycles. The minimum atomic E-state index is -1.22. The number of aliphatic hydroxyl groups is 1. The molecule has 1 rings (SSSR count). The number of nitrogens with zero attached hydrogens (tertiary/aromatic N) is 1. The first-order valence-electron chi connectivity index (χ1n) is 6.97. The van der Waals surface area contributed by atoms with Crippen LogP contribution in [0, 0.1) is 5.92 Å². The largest absolute Gasteiger partial charge is 0.480 e. The van der Waals surface area contributed by atoms with Crippen molar-refractivity contribution in [3.63, 3.8) is 0 Å². The second-order valence-corrected chi connectivity index (χ2v) is 5.10. The molecule has 2 amide bonds. The topological polar surface area (TPSA) is 89.9 Å². The molecule has 2 atom stereocenters. The van der Waals surface area contributed by atoms with Crippen molar-refractivity contribution in [2.75, 3.05) is 19.7 Å². The predicted octanol–water partition coefficient (Wildman–Crippen LogP) is 1.04. The molecule has 0 aliphatic carbocycles. The van der Waals surface area contributed by atoms with E-state index in [1.165, 1.54) is 6.42 Å². The Bertz CT molecular complexity index is 309. The summed E-state index contributed by atoms with van der Waals surface area (Å²) in [4.78, 5) is 24.3. The van der Waals surface area contributed by atoms with Crippen molar-refractivity contribution in [3.8, 4) is 0 Å². The van der Waals surface area contributed by atoms with Crippen molar-refractivity contribution in [2.45, 2.75) is 45.1 Å². The van der Waals surface area contributed by atoms with E-state index in [1.54, 1.807) is 4.90 Å². The summed E-state index contributed by atoms with van der Waals surface area (Å²) in [6.07, 6.45) is 5.39. The van der Waals surface area contributed by atoms with Gasteiger partial charge in [0.2, 0.25) is 0 Å². The molecule has 6 heteroatoms. The van der Waals surface area contributed by atoms with E-state index in [9.17, 15) is 9.59 Å². The van der Waals surface area contributed by atoms with Gasteiger partial charge in [-0.1, -0.05) is 19.8 Å². The van der Waals surface area contributed by atoms with Crippen LogP contribution >= 0.6 is 0 Å². The van der Waals surface area contributed by atoms with Crippen molar-refractivity contribution in [2.24, 2.45) is 5.92 Å². The molecule has 0 spiro atoms. The van der Waals surface area contributed by atoms with Crippen LogP contribution in [0.1, 0.15) is 39.0 Å². The first-order chi connectivity index (χ1) is 9.08. The monoisotopic (exact) mass is 272 g/mol. The quantitative estimate of drug-likeness (QED) is 0.697. The van der Waals surface area contributed by atoms with Crippen molar-refractivity contribution in [1.29, 1.82) is 0 Å². The van der Waals surface area contributed by atoms with Gasteiger partial charge in [0.05, 0.1) is 6.61 Å². The van der Waals surface area contributed by atoms with Crippen LogP contribution in [0.3, 0.4) is 0 Å². The number of urea groups is 1. The molecular formula is C13H24N2O4. The molecule has 0 radical (unpaired) electrons. The standard InChI is InChI=1S/C13H24N2O4/c1-2-4-10-5-3-7-15(8-6-10)13(19)14-11(9-16)12(17)18/h10-11,16H,2-9H2,1H3,(H,14,19)(H,17,18)/t10?,11-/m1/s1. The Morgan fingerprint density at radius 1 is 1.37 bits per heavy atom. The van der Waals surface area contributed by atoms with Gasteiger partial charge in [0.1, 0.15) is 0 Å². The Kier molecular flexibility index (Phi) is 6.62. The van der Waals surface area contributed by atoms with E-state index in [4.69, 9.17) is 10.2 Å². The van der Waals surface area contributed by atoms with Crippen molar-refractivity contribution in [1.82, 2.24) is 10.2 Å². The van der Waals surface area contributed by atoms with Gasteiger partial charge in [0.25, 0.3) is 0 Å². The van der Waals surface area contributed by atoms with E-state index in [2.05, 4.69) is 12.2 Å². The summed E-state index contributed by atoms with van der Waals surface area (Å²) in [6.45, 7) is 2.89. The maximum Gasteiger partial charge on any atom is 0.328 e. The van der Waals surface area contributed by atoms with Crippen LogP contribution in [0.5, 0.6) is 0 Å². The molecule has 3 N–H and O–H groups in total. The average molecular weight is 272 g/mol. The van der Waals surface area contributed by atoms with Gasteiger partial charge in [-0.3, -0.25) is 0 Å². The number of hydrogen-bond donors (Lipinski definition) is 3. The Morgan fingerprint density at radius 2 is 2.11 bits per heavy atom. The van der Waals surface area contributed by atoms with E-state index in [0.717, 1.165) is 25.7 Å². The van der Waals surface area contributed by atoms with Crippen molar-refractivity contribution >= 4 is 12.0 Å². The fraction of sp³-hybridized carbons (Fsp3) is 0.846. The summed E-state index contributed by atoms with van der Waals surface area (Å²) in [5.74, 6) is -0.551. The van der Waals surface area contributed by atoms with Gasteiger partial charge in [0.15, 0.2) is 6.04 Å². The van der Waals surface area contributed by atoms with Gasteiger partial charge in [-0.25, -0.2) is 9.59 Å². The van der Waals surface area contributed by atoms with E-state index in [-0.39, 0.29) is 0 Å². The van der Waals surface area contributed by atoms with Gasteiger partial charge < -0.3 is 20.4 Å². The van der Waals surface area contributed by atoms with Crippen molar-refractivity contribution < 1.29 is 19.8 Å². The first kappa shape index (κ1) is 15.8. The lowest BCUT2D eigenvalue weighted by atomic mass is 9.96. The Labute approximate surface area is 113 Å². The summed E-state index contributed by atoms with van der Waals surface area (Å²) < 4.78 is 0. The molecule has 6 nitrogen and oxygen atoms in total. The maximum absolute atomic E-state index is 11.9. The molecule has 19 heavy (non-hydrogen) atoms. The highest BCUT2D eigenvalue weighted by molar-refractivity contribution is 5.82. The molecule has 0 saturated carbocycles. The van der Waals surface area contributed by atoms with Crippen LogP contribution in [0.2, 0.25) is 0 Å². The summed E-state index contributed by atoms with van der Waals surface area (Å²) in [6, 6.07) is -1.61. The third kappa shape index (κ3) is 5.06. The summed E-state index contributed by atoms with van der Waals surface area (Å²) in [5, 5.41) is 20.0. The Hall–Kier alpha value is -1.30. The number of carbonyl (C=O) groups excluding carboxylic acids is 1. The number of amides is 2. The van der Waals surface area contributed by atoms with Gasteiger partial charge in [0, 0.05) is 13.1 Å². The number of carbonyl (C=O) groups is 2. The third-order valence-electron chi connectivity index (χ3n) is 3.61. The first-order valence-corrected chi connectivity index (χ1v) is 6.97. The number of likely N-dealkylation sites (tertiary alicyclic amines) is 1. The van der Waals surface area contributed by atoms with Gasteiger partial charge in [-0.15, -0.1) is 0 Å². The molecular weight excluding hydrogens is 248 g/mol. The fourth-order valence-corrected chi connectivity index (χ4v) is 2.49. The van der Waals surface area contributed by atoms with Gasteiger partial charge in [-0.05, 0) is 25.2 Å². The fourth-order valence-electron chi connectivity index (χ4n) is 2.49. The lowest BCUT2D eigenvalue weighted by molar-refractivity contribution is -0.140. The number of hydrogen-bond acceptors (Lipinski definition) is 3. The normalized spacial score (nSPS) is 21.6. The minimum absolute atomic E-state index is 0.390. The van der Waals surface area contributed by atoms with Crippen LogP contribution < -0.4 is 5.32 Å². The summed E-state index contributed by atoms with van der Waals surface area (Å²) in [5.41, 5.74) is 0. The number of nitrogens with one attached hydrogen (secondary N) is 1. The SMILES string of the molecule is CCCC1CCCN(C(=O)N[C@H](CO)C(=O)O)CC1. The lowest BCUT2D eigenvalue weighted by Crippen LogP contribution is -2.49. The second-order valence-electron chi connectivity index (χ2n) is 5.10. The Balaban J connectivity index is 2.46. The number of carboxylic acids is 1. The van der Waals surface area contributed by atoms with E-state index in [0.29, 0.717) is 19.0 Å². The molecule has 110 valence electrons. The molecule has 1 aliphatic heterocycles. The zero-order chi connectivity index (χ0) is 14.3. The Morgan fingerprint density at radius 3 is 2.68 bits per heavy atom. The number of aliphatic hydroxyl groups excluding tert-OH is 1. The lowest BCUT2D eigenvalue weighted by Gasteiger charge is -2.23. The zero-order valence-electron chi connectivity index (χ0n) is 11.5. The van der Waals surface area contributed by atoms with Crippen LogP contribution in [-0.2, 0) is 4.79 Å². The average Bonchev–Trinajstić information content (AvgIpc) is 2.61. The predicted molar refractivity (Wildman–Crippen MR) is 70.9 cm³/mol. The molecule has 1 heterocycles. The molecule has 1 unspecified atom stereocenters. The minimum Gasteiger partial charge on any atom is -0.480 e. The second kappa shape index (κ2) is 7.99. The highest BCUT2D eigenvalue weighted by atomic mass is 16.4. The molecule has 1 aliphatic rings. The smallest absolute Gasteiger partial charge is 0.328 e. The molecule has 1 saturated heterocycles. The summed E-state index contributed by atoms with van der Waals surface area (Å²) in [7, 11) is 0. The summed E-state index contributed by atoms with van der Waals surface area (Å²) >= 11 is 0. The van der Waals surface area contributed by atoms with Crippen LogP contribution in [0.4, 0.5) is 4.79 Å². The molecule has 0 aromatic carbocycles. The number of rotatable bonds is 5. The van der Waals surface area contributed by atoms with E-state index in [1.807, 2.05) is 0 Å². The van der Waals surface area contributed by atoms with Crippen molar-refractivity contribution in [3.05, 3.63) is 0 Å². The highest BCUT2D eigenvalue weighted by Crippen LogP contribution is 2.21.